The smallest absolute Gasteiger partial charge is 0.324 e. The first kappa shape index (κ1) is 14.3. The first-order valence-corrected chi connectivity index (χ1v) is 7.61. The van der Waals surface area contributed by atoms with E-state index in [1.807, 2.05) is 0 Å². The molecule has 7 nitrogen and oxygen atoms in total. The van der Waals surface area contributed by atoms with Crippen LogP contribution in [0.4, 0.5) is 5.95 Å². The van der Waals surface area contributed by atoms with Gasteiger partial charge in [0, 0.05) is 12.6 Å². The van der Waals surface area contributed by atoms with Gasteiger partial charge in [0.2, 0.25) is 5.95 Å². The third-order valence-corrected chi connectivity index (χ3v) is 4.11. The van der Waals surface area contributed by atoms with Gasteiger partial charge in [0.25, 0.3) is 0 Å². The number of aromatic nitrogens is 3. The van der Waals surface area contributed by atoms with E-state index in [4.69, 9.17) is 9.47 Å². The summed E-state index contributed by atoms with van der Waals surface area (Å²) in [5.41, 5.74) is 0. The molecule has 1 N–H and O–H groups in total. The fraction of sp³-hybridized carbons (Fsp3) is 0.786. The predicted molar refractivity (Wildman–Crippen MR) is 78.9 cm³/mol. The normalized spacial score (nSPS) is 19.3. The van der Waals surface area contributed by atoms with Crippen molar-refractivity contribution in [3.63, 3.8) is 0 Å². The molecule has 2 aliphatic rings. The molecule has 7 heteroatoms. The Morgan fingerprint density at radius 3 is 2.14 bits per heavy atom. The molecule has 0 radical (unpaired) electrons. The molecule has 0 unspecified atom stereocenters. The van der Waals surface area contributed by atoms with E-state index in [2.05, 4.69) is 25.2 Å². The molecule has 116 valence electrons. The van der Waals surface area contributed by atoms with Crippen LogP contribution in [0.25, 0.3) is 0 Å². The van der Waals surface area contributed by atoms with Crippen LogP contribution in [0.3, 0.4) is 0 Å². The SMILES string of the molecule is COc1nc(OC)nc(N(CC2CCNCC2)C2CC2)n1. The lowest BCUT2D eigenvalue weighted by molar-refractivity contribution is 0.336. The van der Waals surface area contributed by atoms with Crippen molar-refractivity contribution in [1.29, 1.82) is 0 Å². The van der Waals surface area contributed by atoms with E-state index in [0.717, 1.165) is 19.6 Å². The lowest BCUT2D eigenvalue weighted by atomic mass is 9.97. The molecule has 1 aliphatic carbocycles. The van der Waals surface area contributed by atoms with Crippen molar-refractivity contribution in [3.05, 3.63) is 0 Å². The summed E-state index contributed by atoms with van der Waals surface area (Å²) >= 11 is 0. The predicted octanol–water partition coefficient (Wildman–Crippen LogP) is 0.857. The second kappa shape index (κ2) is 6.43. The number of piperidine rings is 1. The van der Waals surface area contributed by atoms with Crippen LogP contribution in [0, 0.1) is 5.92 Å². The maximum atomic E-state index is 5.16. The summed E-state index contributed by atoms with van der Waals surface area (Å²) in [5.74, 6) is 1.38. The topological polar surface area (TPSA) is 72.4 Å². The quantitative estimate of drug-likeness (QED) is 0.834. The Bertz CT molecular complexity index is 452. The van der Waals surface area contributed by atoms with Crippen LogP contribution in [0.2, 0.25) is 0 Å². The number of ether oxygens (including phenoxy) is 2. The molecule has 3 rings (SSSR count). The van der Waals surface area contributed by atoms with Crippen LogP contribution in [-0.4, -0.2) is 54.8 Å². The lowest BCUT2D eigenvalue weighted by Gasteiger charge is -2.30. The van der Waals surface area contributed by atoms with E-state index in [1.54, 1.807) is 14.2 Å². The summed E-state index contributed by atoms with van der Waals surface area (Å²) in [6.07, 6.45) is 4.84. The Hall–Kier alpha value is -1.63. The van der Waals surface area contributed by atoms with Gasteiger partial charge in [0.15, 0.2) is 0 Å². The molecule has 1 saturated carbocycles. The van der Waals surface area contributed by atoms with Gasteiger partial charge < -0.3 is 19.7 Å². The van der Waals surface area contributed by atoms with Gasteiger partial charge in [0.05, 0.1) is 14.2 Å². The van der Waals surface area contributed by atoms with Crippen LogP contribution in [0.15, 0.2) is 0 Å². The molecule has 2 fully saturated rings. The van der Waals surface area contributed by atoms with E-state index in [1.165, 1.54) is 25.7 Å². The van der Waals surface area contributed by atoms with Crippen LogP contribution in [0.1, 0.15) is 25.7 Å². The molecule has 2 heterocycles. The van der Waals surface area contributed by atoms with Gasteiger partial charge in [0.1, 0.15) is 0 Å². The highest BCUT2D eigenvalue weighted by Gasteiger charge is 2.33. The fourth-order valence-electron chi connectivity index (χ4n) is 2.76. The first-order chi connectivity index (χ1) is 10.3. The molecule has 0 bridgehead atoms. The minimum atomic E-state index is 0.313. The Kier molecular flexibility index (Phi) is 4.38. The van der Waals surface area contributed by atoms with Crippen molar-refractivity contribution in [1.82, 2.24) is 20.3 Å². The monoisotopic (exact) mass is 293 g/mol. The van der Waals surface area contributed by atoms with Crippen molar-refractivity contribution < 1.29 is 9.47 Å². The van der Waals surface area contributed by atoms with Crippen molar-refractivity contribution >= 4 is 5.95 Å². The summed E-state index contributed by atoms with van der Waals surface area (Å²) < 4.78 is 10.3. The zero-order valence-corrected chi connectivity index (χ0v) is 12.7. The Balaban J connectivity index is 1.79. The molecule has 0 amide bonds. The van der Waals surface area contributed by atoms with Crippen molar-refractivity contribution in [2.45, 2.75) is 31.7 Å². The molecule has 1 saturated heterocycles. The van der Waals surface area contributed by atoms with E-state index in [0.29, 0.717) is 29.9 Å². The van der Waals surface area contributed by atoms with Crippen molar-refractivity contribution in [2.75, 3.05) is 38.8 Å². The minimum Gasteiger partial charge on any atom is -0.467 e. The van der Waals surface area contributed by atoms with Gasteiger partial charge in [-0.1, -0.05) is 0 Å². The summed E-state index contributed by atoms with van der Waals surface area (Å²) in [5, 5.41) is 3.41. The van der Waals surface area contributed by atoms with Gasteiger partial charge in [-0.25, -0.2) is 0 Å². The maximum Gasteiger partial charge on any atom is 0.324 e. The third-order valence-electron chi connectivity index (χ3n) is 4.11. The number of methoxy groups -OCH3 is 2. The maximum absolute atomic E-state index is 5.16. The highest BCUT2D eigenvalue weighted by molar-refractivity contribution is 5.36. The van der Waals surface area contributed by atoms with Gasteiger partial charge in [-0.3, -0.25) is 0 Å². The fourth-order valence-corrected chi connectivity index (χ4v) is 2.76. The van der Waals surface area contributed by atoms with Gasteiger partial charge in [-0.05, 0) is 44.7 Å². The number of hydrogen-bond donors (Lipinski definition) is 1. The second-order valence-electron chi connectivity index (χ2n) is 5.69. The molecule has 0 aromatic carbocycles. The van der Waals surface area contributed by atoms with Crippen LogP contribution < -0.4 is 19.7 Å². The molecule has 1 aromatic rings. The first-order valence-electron chi connectivity index (χ1n) is 7.61. The van der Waals surface area contributed by atoms with E-state index < -0.39 is 0 Å². The number of nitrogens with one attached hydrogen (secondary N) is 1. The van der Waals surface area contributed by atoms with Gasteiger partial charge >= 0.3 is 12.0 Å². The Labute approximate surface area is 125 Å². The standard InChI is InChI=1S/C14H23N5O2/c1-20-13-16-12(17-14(18-13)21-2)19(11-3-4-11)9-10-5-7-15-8-6-10/h10-11,15H,3-9H2,1-2H3. The van der Waals surface area contributed by atoms with Crippen molar-refractivity contribution in [3.8, 4) is 12.0 Å². The molecule has 1 aliphatic heterocycles. The van der Waals surface area contributed by atoms with Gasteiger partial charge in [-0.15, -0.1) is 4.98 Å². The van der Waals surface area contributed by atoms with E-state index in [-0.39, 0.29) is 0 Å². The minimum absolute atomic E-state index is 0.313. The number of anilines is 1. The van der Waals surface area contributed by atoms with E-state index in [9.17, 15) is 0 Å². The average molecular weight is 293 g/mol. The van der Waals surface area contributed by atoms with Crippen molar-refractivity contribution in [2.24, 2.45) is 5.92 Å². The Morgan fingerprint density at radius 1 is 1.00 bits per heavy atom. The molecular formula is C14H23N5O2. The van der Waals surface area contributed by atoms with Gasteiger partial charge in [-0.2, -0.15) is 9.97 Å². The molecule has 21 heavy (non-hydrogen) atoms. The summed E-state index contributed by atoms with van der Waals surface area (Å²) in [7, 11) is 3.12. The largest absolute Gasteiger partial charge is 0.467 e. The Morgan fingerprint density at radius 2 is 1.62 bits per heavy atom. The zero-order valence-electron chi connectivity index (χ0n) is 12.7. The highest BCUT2D eigenvalue weighted by Crippen LogP contribution is 2.32. The van der Waals surface area contributed by atoms with Crippen LogP contribution in [-0.2, 0) is 0 Å². The summed E-state index contributed by atoms with van der Waals surface area (Å²) in [6.45, 7) is 3.21. The number of rotatable bonds is 6. The average Bonchev–Trinajstić information content (AvgIpc) is 3.37. The molecule has 0 spiro atoms. The lowest BCUT2D eigenvalue weighted by Crippen LogP contribution is -2.38. The molecule has 0 atom stereocenters. The van der Waals surface area contributed by atoms with Crippen LogP contribution in [0.5, 0.6) is 12.0 Å². The second-order valence-corrected chi connectivity index (χ2v) is 5.69. The number of nitrogens with zero attached hydrogens (tertiary/aromatic N) is 4. The number of hydrogen-bond acceptors (Lipinski definition) is 7. The van der Waals surface area contributed by atoms with E-state index >= 15 is 0 Å². The summed E-state index contributed by atoms with van der Waals surface area (Å²) in [4.78, 5) is 15.2. The summed E-state index contributed by atoms with van der Waals surface area (Å²) in [6, 6.07) is 1.18. The molecular weight excluding hydrogens is 270 g/mol. The van der Waals surface area contributed by atoms with Crippen LogP contribution >= 0.6 is 0 Å². The third kappa shape index (κ3) is 3.53. The highest BCUT2D eigenvalue weighted by atomic mass is 16.5. The zero-order chi connectivity index (χ0) is 14.7. The molecule has 1 aromatic heterocycles.